The fraction of sp³-hybridized carbons (Fsp3) is 0.462. The monoisotopic (exact) mass is 453 g/mol. The molecule has 0 radical (unpaired) electrons. The van der Waals surface area contributed by atoms with Gasteiger partial charge >= 0.3 is 0 Å². The van der Waals surface area contributed by atoms with Gasteiger partial charge in [-0.15, -0.1) is 0 Å². The lowest BCUT2D eigenvalue weighted by Crippen LogP contribution is -2.49. The molecule has 6 heteroatoms. The fourth-order valence-corrected chi connectivity index (χ4v) is 5.04. The quantitative estimate of drug-likeness (QED) is 0.690. The molecule has 0 aliphatic carbocycles. The maximum Gasteiger partial charge on any atom is 0.222 e. The predicted molar refractivity (Wildman–Crippen MR) is 128 cm³/mol. The Hall–Kier alpha value is -2.37. The van der Waals surface area contributed by atoms with Gasteiger partial charge in [-0.25, -0.2) is 0 Å². The molecule has 2 amide bonds. The highest BCUT2D eigenvalue weighted by Crippen LogP contribution is 2.30. The SMILES string of the molecule is Cc1ccc(C[C@@]2(CCC(=O)N3CCN(Cc4cccc(Cl)c4)CC3)CCC(=O)N2)cc1. The second-order valence-corrected chi connectivity index (χ2v) is 9.71. The van der Waals surface area contributed by atoms with Gasteiger partial charge in [0.05, 0.1) is 0 Å². The van der Waals surface area contributed by atoms with Gasteiger partial charge in [0, 0.05) is 56.1 Å². The third-order valence-corrected chi connectivity index (χ3v) is 6.97. The van der Waals surface area contributed by atoms with E-state index < -0.39 is 0 Å². The number of carbonyl (C=O) groups excluding carboxylic acids is 2. The average molecular weight is 454 g/mol. The maximum atomic E-state index is 13.0. The Morgan fingerprint density at radius 2 is 1.81 bits per heavy atom. The van der Waals surface area contributed by atoms with Gasteiger partial charge in [0.2, 0.25) is 11.8 Å². The van der Waals surface area contributed by atoms with Crippen LogP contribution in [-0.4, -0.2) is 53.3 Å². The van der Waals surface area contributed by atoms with Crippen LogP contribution in [0.25, 0.3) is 0 Å². The van der Waals surface area contributed by atoms with Gasteiger partial charge < -0.3 is 10.2 Å². The van der Waals surface area contributed by atoms with E-state index in [0.29, 0.717) is 19.3 Å². The summed E-state index contributed by atoms with van der Waals surface area (Å²) in [6.07, 6.45) is 3.27. The second kappa shape index (κ2) is 10.1. The van der Waals surface area contributed by atoms with E-state index in [2.05, 4.69) is 47.5 Å². The first-order chi connectivity index (χ1) is 15.4. The van der Waals surface area contributed by atoms with E-state index in [1.807, 2.05) is 23.1 Å². The van der Waals surface area contributed by atoms with E-state index in [9.17, 15) is 9.59 Å². The fourth-order valence-electron chi connectivity index (χ4n) is 4.83. The molecule has 0 saturated carbocycles. The molecule has 0 bridgehead atoms. The third-order valence-electron chi connectivity index (χ3n) is 6.74. The largest absolute Gasteiger partial charge is 0.350 e. The Labute approximate surface area is 195 Å². The van der Waals surface area contributed by atoms with Gasteiger partial charge in [-0.2, -0.15) is 0 Å². The number of halogens is 1. The first kappa shape index (κ1) is 22.8. The summed E-state index contributed by atoms with van der Waals surface area (Å²) < 4.78 is 0. The summed E-state index contributed by atoms with van der Waals surface area (Å²) >= 11 is 6.10. The van der Waals surface area contributed by atoms with Crippen LogP contribution >= 0.6 is 11.6 Å². The van der Waals surface area contributed by atoms with E-state index in [1.54, 1.807) is 0 Å². The zero-order valence-electron chi connectivity index (χ0n) is 18.8. The summed E-state index contributed by atoms with van der Waals surface area (Å²) in [7, 11) is 0. The molecule has 4 rings (SSSR count). The standard InChI is InChI=1S/C26H32ClN3O2/c1-20-5-7-21(8-6-20)18-26(11-9-24(31)28-26)12-10-25(32)30-15-13-29(14-16-30)19-22-3-2-4-23(27)17-22/h2-8,17H,9-16,18-19H2,1H3,(H,28,31)/t26-/m0/s1. The summed E-state index contributed by atoms with van der Waals surface area (Å²) in [5.74, 6) is 0.288. The predicted octanol–water partition coefficient (Wildman–Crippen LogP) is 3.96. The Morgan fingerprint density at radius 3 is 2.47 bits per heavy atom. The normalized spacial score (nSPS) is 21.6. The van der Waals surface area contributed by atoms with Crippen molar-refractivity contribution in [2.75, 3.05) is 26.2 Å². The first-order valence-corrected chi connectivity index (χ1v) is 11.9. The van der Waals surface area contributed by atoms with Gasteiger partial charge in [0.15, 0.2) is 0 Å². The highest BCUT2D eigenvalue weighted by molar-refractivity contribution is 6.30. The lowest BCUT2D eigenvalue weighted by Gasteiger charge is -2.36. The van der Waals surface area contributed by atoms with Gasteiger partial charge in [0.25, 0.3) is 0 Å². The smallest absolute Gasteiger partial charge is 0.222 e. The maximum absolute atomic E-state index is 13.0. The highest BCUT2D eigenvalue weighted by Gasteiger charge is 2.38. The number of nitrogens with one attached hydrogen (secondary N) is 1. The Balaban J connectivity index is 1.29. The third kappa shape index (κ3) is 5.90. The lowest BCUT2D eigenvalue weighted by molar-refractivity contribution is -0.133. The Bertz CT molecular complexity index is 954. The van der Waals surface area contributed by atoms with Crippen LogP contribution in [0.2, 0.25) is 5.02 Å². The summed E-state index contributed by atoms with van der Waals surface area (Å²) in [6.45, 7) is 6.15. The zero-order chi connectivity index (χ0) is 22.6. The minimum atomic E-state index is -0.309. The van der Waals surface area contributed by atoms with Crippen molar-refractivity contribution >= 4 is 23.4 Å². The molecular formula is C26H32ClN3O2. The number of hydrogen-bond donors (Lipinski definition) is 1. The summed E-state index contributed by atoms with van der Waals surface area (Å²) in [4.78, 5) is 29.3. The van der Waals surface area contributed by atoms with E-state index >= 15 is 0 Å². The molecule has 2 fully saturated rings. The van der Waals surface area contributed by atoms with E-state index in [1.165, 1.54) is 16.7 Å². The molecule has 0 unspecified atom stereocenters. The topological polar surface area (TPSA) is 52.7 Å². The van der Waals surface area contributed by atoms with E-state index in [-0.39, 0.29) is 17.4 Å². The molecule has 170 valence electrons. The van der Waals surface area contributed by atoms with Gasteiger partial charge in [-0.05, 0) is 49.4 Å². The summed E-state index contributed by atoms with van der Waals surface area (Å²) in [6, 6.07) is 16.4. The van der Waals surface area contributed by atoms with Crippen molar-refractivity contribution < 1.29 is 9.59 Å². The van der Waals surface area contributed by atoms with Crippen molar-refractivity contribution in [3.05, 3.63) is 70.2 Å². The number of rotatable bonds is 7. The van der Waals surface area contributed by atoms with Crippen LogP contribution in [0.5, 0.6) is 0 Å². The first-order valence-electron chi connectivity index (χ1n) is 11.5. The molecule has 2 aromatic rings. The van der Waals surface area contributed by atoms with Crippen molar-refractivity contribution in [1.82, 2.24) is 15.1 Å². The molecule has 0 aromatic heterocycles. The van der Waals surface area contributed by atoms with Crippen molar-refractivity contribution in [3.63, 3.8) is 0 Å². The highest BCUT2D eigenvalue weighted by atomic mass is 35.5. The van der Waals surface area contributed by atoms with Crippen molar-refractivity contribution in [3.8, 4) is 0 Å². The minimum absolute atomic E-state index is 0.0965. The number of carbonyl (C=O) groups is 2. The number of hydrogen-bond acceptors (Lipinski definition) is 3. The second-order valence-electron chi connectivity index (χ2n) is 9.28. The molecule has 2 saturated heterocycles. The molecule has 5 nitrogen and oxygen atoms in total. The lowest BCUT2D eigenvalue weighted by atomic mass is 9.84. The minimum Gasteiger partial charge on any atom is -0.350 e. The van der Waals surface area contributed by atoms with Crippen LogP contribution < -0.4 is 5.32 Å². The molecular weight excluding hydrogens is 422 g/mol. The van der Waals surface area contributed by atoms with Crippen LogP contribution in [0.1, 0.15) is 42.4 Å². The van der Waals surface area contributed by atoms with Crippen LogP contribution in [0, 0.1) is 6.92 Å². The number of aryl methyl sites for hydroxylation is 1. The molecule has 32 heavy (non-hydrogen) atoms. The molecule has 2 aliphatic rings. The summed E-state index contributed by atoms with van der Waals surface area (Å²) in [5, 5.41) is 3.96. The van der Waals surface area contributed by atoms with Crippen LogP contribution in [-0.2, 0) is 22.6 Å². The van der Waals surface area contributed by atoms with E-state index in [4.69, 9.17) is 11.6 Å². The number of nitrogens with zero attached hydrogens (tertiary/aromatic N) is 2. The Kier molecular flexibility index (Phi) is 7.17. The zero-order valence-corrected chi connectivity index (χ0v) is 19.5. The number of benzene rings is 2. The molecule has 2 heterocycles. The van der Waals surface area contributed by atoms with Crippen molar-refractivity contribution in [2.45, 2.75) is 51.1 Å². The van der Waals surface area contributed by atoms with Crippen molar-refractivity contribution in [1.29, 1.82) is 0 Å². The molecule has 1 atom stereocenters. The molecule has 1 N–H and O–H groups in total. The summed E-state index contributed by atoms with van der Waals surface area (Å²) in [5.41, 5.74) is 3.33. The van der Waals surface area contributed by atoms with Gasteiger partial charge in [0.1, 0.15) is 0 Å². The van der Waals surface area contributed by atoms with Crippen LogP contribution in [0.15, 0.2) is 48.5 Å². The Morgan fingerprint density at radius 1 is 1.06 bits per heavy atom. The number of amides is 2. The van der Waals surface area contributed by atoms with Crippen LogP contribution in [0.4, 0.5) is 0 Å². The molecule has 0 spiro atoms. The average Bonchev–Trinajstić information content (AvgIpc) is 3.15. The van der Waals surface area contributed by atoms with Gasteiger partial charge in [-0.1, -0.05) is 53.6 Å². The van der Waals surface area contributed by atoms with Crippen molar-refractivity contribution in [2.24, 2.45) is 0 Å². The van der Waals surface area contributed by atoms with E-state index in [0.717, 1.165) is 50.6 Å². The molecule has 2 aliphatic heterocycles. The van der Waals surface area contributed by atoms with Crippen LogP contribution in [0.3, 0.4) is 0 Å². The number of piperazine rings is 1. The van der Waals surface area contributed by atoms with Gasteiger partial charge in [-0.3, -0.25) is 14.5 Å². The molecule has 2 aromatic carbocycles.